The van der Waals surface area contributed by atoms with Crippen LogP contribution in [-0.4, -0.2) is 19.1 Å². The van der Waals surface area contributed by atoms with E-state index in [4.69, 9.17) is 4.74 Å². The van der Waals surface area contributed by atoms with Crippen molar-refractivity contribution >= 4 is 5.97 Å². The molecule has 2 rings (SSSR count). The van der Waals surface area contributed by atoms with E-state index in [1.54, 1.807) is 0 Å². The van der Waals surface area contributed by atoms with Gasteiger partial charge in [-0.15, -0.1) is 0 Å². The predicted octanol–water partition coefficient (Wildman–Crippen LogP) is 3.90. The number of nitrogens with zero attached hydrogens (tertiary/aromatic N) is 1. The van der Waals surface area contributed by atoms with Gasteiger partial charge in [-0.2, -0.15) is 5.26 Å². The third-order valence-electron chi connectivity index (χ3n) is 4.30. The third kappa shape index (κ3) is 5.17. The van der Waals surface area contributed by atoms with Gasteiger partial charge in [-0.3, -0.25) is 4.79 Å². The summed E-state index contributed by atoms with van der Waals surface area (Å²) in [6.45, 7) is 4.85. The quantitative estimate of drug-likeness (QED) is 0.779. The van der Waals surface area contributed by atoms with Crippen molar-refractivity contribution in [1.29, 1.82) is 5.26 Å². The Kier molecular flexibility index (Phi) is 6.73. The molecule has 1 N–H and O–H groups in total. The number of hydrogen-bond donors (Lipinski definition) is 1. The van der Waals surface area contributed by atoms with Crippen molar-refractivity contribution in [3.63, 3.8) is 0 Å². The summed E-state index contributed by atoms with van der Waals surface area (Å²) >= 11 is 0. The van der Waals surface area contributed by atoms with Crippen LogP contribution in [0.25, 0.3) is 11.1 Å². The molecule has 0 unspecified atom stereocenters. The zero-order chi connectivity index (χ0) is 18.2. The first-order chi connectivity index (χ1) is 12.0. The number of esters is 1. The van der Waals surface area contributed by atoms with Crippen LogP contribution in [0.1, 0.15) is 31.4 Å². The maximum Gasteiger partial charge on any atom is 0.307 e. The first-order valence-electron chi connectivity index (χ1n) is 8.43. The van der Waals surface area contributed by atoms with Gasteiger partial charge in [0.15, 0.2) is 0 Å². The van der Waals surface area contributed by atoms with E-state index in [0.29, 0.717) is 24.4 Å². The van der Waals surface area contributed by atoms with E-state index < -0.39 is 0 Å². The van der Waals surface area contributed by atoms with Crippen molar-refractivity contribution in [3.8, 4) is 17.2 Å². The van der Waals surface area contributed by atoms with Crippen LogP contribution in [-0.2, 0) is 16.1 Å². The minimum atomic E-state index is -0.199. The zero-order valence-corrected chi connectivity index (χ0v) is 15.0. The van der Waals surface area contributed by atoms with Gasteiger partial charge in [0, 0.05) is 12.6 Å². The molecule has 0 spiro atoms. The topological polar surface area (TPSA) is 62.1 Å². The highest BCUT2D eigenvalue weighted by atomic mass is 16.5. The number of hydrogen-bond acceptors (Lipinski definition) is 4. The van der Waals surface area contributed by atoms with E-state index in [0.717, 1.165) is 16.7 Å². The molecule has 1 atom stereocenters. The molecular formula is C21H24N2O2. The van der Waals surface area contributed by atoms with Gasteiger partial charge in [0.25, 0.3) is 0 Å². The van der Waals surface area contributed by atoms with E-state index >= 15 is 0 Å². The first-order valence-corrected chi connectivity index (χ1v) is 8.43. The lowest BCUT2D eigenvalue weighted by Crippen LogP contribution is -2.35. The fraction of sp³-hybridized carbons (Fsp3) is 0.333. The number of benzene rings is 2. The highest BCUT2D eigenvalue weighted by Crippen LogP contribution is 2.23. The Morgan fingerprint density at radius 1 is 1.16 bits per heavy atom. The van der Waals surface area contributed by atoms with Crippen LogP contribution in [0.2, 0.25) is 0 Å². The average Bonchev–Trinajstić information content (AvgIpc) is 2.65. The minimum absolute atomic E-state index is 0.0754. The summed E-state index contributed by atoms with van der Waals surface area (Å²) in [4.78, 5) is 11.5. The van der Waals surface area contributed by atoms with Crippen LogP contribution in [0.3, 0.4) is 0 Å². The molecule has 0 aliphatic rings. The van der Waals surface area contributed by atoms with Gasteiger partial charge in [-0.1, -0.05) is 56.3 Å². The summed E-state index contributed by atoms with van der Waals surface area (Å²) in [7, 11) is 1.41. The number of methoxy groups -OCH3 is 1. The number of ether oxygens (including phenoxy) is 1. The molecule has 0 radical (unpaired) electrons. The number of carbonyl (C=O) groups is 1. The van der Waals surface area contributed by atoms with Crippen molar-refractivity contribution in [2.24, 2.45) is 5.92 Å². The van der Waals surface area contributed by atoms with Crippen LogP contribution < -0.4 is 5.32 Å². The maximum absolute atomic E-state index is 11.5. The molecule has 2 aromatic rings. The largest absolute Gasteiger partial charge is 0.469 e. The van der Waals surface area contributed by atoms with Crippen LogP contribution in [0.15, 0.2) is 48.5 Å². The summed E-state index contributed by atoms with van der Waals surface area (Å²) in [5, 5.41) is 12.7. The Morgan fingerprint density at radius 2 is 1.84 bits per heavy atom. The van der Waals surface area contributed by atoms with E-state index in [1.807, 2.05) is 48.5 Å². The molecule has 4 heteroatoms. The van der Waals surface area contributed by atoms with Crippen molar-refractivity contribution in [1.82, 2.24) is 5.32 Å². The smallest absolute Gasteiger partial charge is 0.307 e. The third-order valence-corrected chi connectivity index (χ3v) is 4.30. The predicted molar refractivity (Wildman–Crippen MR) is 98.7 cm³/mol. The molecular weight excluding hydrogens is 312 g/mol. The molecule has 4 nitrogen and oxygen atoms in total. The van der Waals surface area contributed by atoms with Gasteiger partial charge >= 0.3 is 5.97 Å². The second-order valence-electron chi connectivity index (χ2n) is 6.37. The van der Waals surface area contributed by atoms with E-state index in [-0.39, 0.29) is 12.0 Å². The Balaban J connectivity index is 2.05. The highest BCUT2D eigenvalue weighted by Gasteiger charge is 2.17. The molecule has 25 heavy (non-hydrogen) atoms. The molecule has 0 aromatic heterocycles. The molecule has 0 saturated carbocycles. The molecule has 0 amide bonds. The van der Waals surface area contributed by atoms with Crippen LogP contribution in [0, 0.1) is 17.2 Å². The van der Waals surface area contributed by atoms with Crippen molar-refractivity contribution < 1.29 is 9.53 Å². The summed E-state index contributed by atoms with van der Waals surface area (Å²) in [5.74, 6) is 0.135. The van der Waals surface area contributed by atoms with E-state index in [1.165, 1.54) is 7.11 Å². The number of carbonyl (C=O) groups excluding carboxylic acids is 1. The van der Waals surface area contributed by atoms with Gasteiger partial charge < -0.3 is 10.1 Å². The lowest BCUT2D eigenvalue weighted by atomic mass is 9.98. The normalized spacial score (nSPS) is 11.8. The molecule has 130 valence electrons. The van der Waals surface area contributed by atoms with Crippen molar-refractivity contribution in [2.45, 2.75) is 32.9 Å². The van der Waals surface area contributed by atoms with Crippen LogP contribution in [0.4, 0.5) is 0 Å². The number of nitriles is 1. The lowest BCUT2D eigenvalue weighted by Gasteiger charge is -2.21. The molecule has 0 fully saturated rings. The average molecular weight is 336 g/mol. The highest BCUT2D eigenvalue weighted by molar-refractivity contribution is 5.70. The van der Waals surface area contributed by atoms with Crippen LogP contribution >= 0.6 is 0 Å². The summed E-state index contributed by atoms with van der Waals surface area (Å²) in [6, 6.07) is 18.0. The zero-order valence-electron chi connectivity index (χ0n) is 15.0. The summed E-state index contributed by atoms with van der Waals surface area (Å²) in [5.41, 5.74) is 3.77. The molecule has 0 bridgehead atoms. The monoisotopic (exact) mass is 336 g/mol. The van der Waals surface area contributed by atoms with Crippen molar-refractivity contribution in [3.05, 3.63) is 59.7 Å². The Hall–Kier alpha value is -2.64. The summed E-state index contributed by atoms with van der Waals surface area (Å²) < 4.78 is 4.76. The molecule has 0 aliphatic heterocycles. The van der Waals surface area contributed by atoms with Gasteiger partial charge in [-0.05, 0) is 28.7 Å². The first kappa shape index (κ1) is 18.7. The Labute approximate surface area is 149 Å². The number of nitrogens with one attached hydrogen (secondary N) is 1. The second kappa shape index (κ2) is 9.00. The van der Waals surface area contributed by atoms with Gasteiger partial charge in [0.1, 0.15) is 0 Å². The molecule has 2 aromatic carbocycles. The fourth-order valence-electron chi connectivity index (χ4n) is 2.69. The Morgan fingerprint density at radius 3 is 2.44 bits per heavy atom. The second-order valence-corrected chi connectivity index (χ2v) is 6.37. The minimum Gasteiger partial charge on any atom is -0.469 e. The molecule has 0 saturated heterocycles. The number of rotatable bonds is 7. The fourth-order valence-corrected chi connectivity index (χ4v) is 2.69. The van der Waals surface area contributed by atoms with Gasteiger partial charge in [-0.25, -0.2) is 0 Å². The lowest BCUT2D eigenvalue weighted by molar-refractivity contribution is -0.141. The van der Waals surface area contributed by atoms with Crippen molar-refractivity contribution in [2.75, 3.05) is 7.11 Å². The van der Waals surface area contributed by atoms with Gasteiger partial charge in [0.05, 0.1) is 25.2 Å². The van der Waals surface area contributed by atoms with E-state index in [9.17, 15) is 10.1 Å². The Bertz CT molecular complexity index is 745. The van der Waals surface area contributed by atoms with E-state index in [2.05, 4.69) is 25.2 Å². The molecule has 0 heterocycles. The molecule has 0 aliphatic carbocycles. The SMILES string of the molecule is COC(=O)C[C@@H](NCc1ccc(-c2ccccc2C#N)cc1)C(C)C. The van der Waals surface area contributed by atoms with Crippen LogP contribution in [0.5, 0.6) is 0 Å². The summed E-state index contributed by atoms with van der Waals surface area (Å²) in [6.07, 6.45) is 0.363. The van der Waals surface area contributed by atoms with Gasteiger partial charge in [0.2, 0.25) is 0 Å². The standard InChI is InChI=1S/C21H24N2O2/c1-15(2)20(12-21(24)25-3)23-14-16-8-10-17(11-9-16)19-7-5-4-6-18(19)13-22/h4-11,15,20,23H,12,14H2,1-3H3/t20-/m1/s1. The maximum atomic E-state index is 11.5.